The molecule has 1 aliphatic heterocycles. The summed E-state index contributed by atoms with van der Waals surface area (Å²) in [5.74, 6) is 1.12. The van der Waals surface area contributed by atoms with Gasteiger partial charge in [-0.15, -0.1) is 0 Å². The topological polar surface area (TPSA) is 48.5 Å². The molecule has 4 rings (SSSR count). The van der Waals surface area contributed by atoms with Gasteiger partial charge in [-0.25, -0.2) is 4.98 Å². The Balaban J connectivity index is 1.38. The Morgan fingerprint density at radius 1 is 0.900 bits per heavy atom. The lowest BCUT2D eigenvalue weighted by molar-refractivity contribution is -0.130. The van der Waals surface area contributed by atoms with Crippen LogP contribution in [0.5, 0.6) is 0 Å². The summed E-state index contributed by atoms with van der Waals surface area (Å²) < 4.78 is 0. The minimum absolute atomic E-state index is 0.00874. The van der Waals surface area contributed by atoms with Crippen molar-refractivity contribution in [3.05, 3.63) is 95.7 Å². The molecule has 2 aromatic carbocycles. The Morgan fingerprint density at radius 2 is 1.57 bits per heavy atom. The van der Waals surface area contributed by atoms with E-state index in [4.69, 9.17) is 0 Å². The van der Waals surface area contributed by atoms with Crippen molar-refractivity contribution in [1.29, 1.82) is 0 Å². The number of rotatable bonds is 6. The minimum Gasteiger partial charge on any atom is -0.353 e. The summed E-state index contributed by atoms with van der Waals surface area (Å²) in [5, 5.41) is 3.49. The second kappa shape index (κ2) is 9.55. The highest BCUT2D eigenvalue weighted by Gasteiger charge is 2.23. The van der Waals surface area contributed by atoms with Crippen molar-refractivity contribution in [1.82, 2.24) is 15.2 Å². The maximum absolute atomic E-state index is 12.9. The first kappa shape index (κ1) is 20.1. The van der Waals surface area contributed by atoms with Gasteiger partial charge in [0.2, 0.25) is 5.91 Å². The molecule has 0 bridgehead atoms. The SMILES string of the molecule is Cc1ccc([C@@H](NCC(=O)N2CCN(c3ccccn3)CC2)c2ccccc2)cc1. The molecule has 0 unspecified atom stereocenters. The van der Waals surface area contributed by atoms with Gasteiger partial charge in [-0.1, -0.05) is 66.2 Å². The third kappa shape index (κ3) is 4.86. The summed E-state index contributed by atoms with van der Waals surface area (Å²) in [6, 6.07) is 24.7. The van der Waals surface area contributed by atoms with Crippen LogP contribution in [0, 0.1) is 6.92 Å². The molecule has 0 aliphatic carbocycles. The normalized spacial score (nSPS) is 15.1. The lowest BCUT2D eigenvalue weighted by Crippen LogP contribution is -2.51. The third-order valence-electron chi connectivity index (χ3n) is 5.61. The molecule has 5 heteroatoms. The second-order valence-electron chi connectivity index (χ2n) is 7.69. The van der Waals surface area contributed by atoms with E-state index in [-0.39, 0.29) is 11.9 Å². The first-order chi connectivity index (χ1) is 14.7. The summed E-state index contributed by atoms with van der Waals surface area (Å²) in [4.78, 5) is 21.5. The first-order valence-corrected chi connectivity index (χ1v) is 10.5. The lowest BCUT2D eigenvalue weighted by Gasteiger charge is -2.35. The van der Waals surface area contributed by atoms with Gasteiger partial charge < -0.3 is 9.80 Å². The maximum atomic E-state index is 12.9. The summed E-state index contributed by atoms with van der Waals surface area (Å²) in [6.07, 6.45) is 1.81. The minimum atomic E-state index is -0.00874. The van der Waals surface area contributed by atoms with E-state index in [2.05, 4.69) is 58.5 Å². The Kier molecular flexibility index (Phi) is 6.40. The van der Waals surface area contributed by atoms with Crippen molar-refractivity contribution in [3.8, 4) is 0 Å². The number of pyridine rings is 1. The van der Waals surface area contributed by atoms with Crippen LogP contribution in [0.2, 0.25) is 0 Å². The monoisotopic (exact) mass is 400 g/mol. The first-order valence-electron chi connectivity index (χ1n) is 10.5. The number of nitrogens with zero attached hydrogens (tertiary/aromatic N) is 3. The molecule has 0 spiro atoms. The third-order valence-corrected chi connectivity index (χ3v) is 5.61. The zero-order valence-electron chi connectivity index (χ0n) is 17.4. The van der Waals surface area contributed by atoms with Crippen LogP contribution in [-0.2, 0) is 4.79 Å². The van der Waals surface area contributed by atoms with Gasteiger partial charge in [0.05, 0.1) is 12.6 Å². The zero-order valence-corrected chi connectivity index (χ0v) is 17.4. The van der Waals surface area contributed by atoms with E-state index < -0.39 is 0 Å². The largest absolute Gasteiger partial charge is 0.353 e. The molecular formula is C25H28N4O. The number of aryl methyl sites for hydroxylation is 1. The quantitative estimate of drug-likeness (QED) is 0.689. The van der Waals surface area contributed by atoms with Crippen molar-refractivity contribution in [2.75, 3.05) is 37.6 Å². The Hall–Kier alpha value is -3.18. The van der Waals surface area contributed by atoms with Gasteiger partial charge in [-0.05, 0) is 30.2 Å². The number of carbonyl (C=O) groups excluding carboxylic acids is 1. The molecule has 1 saturated heterocycles. The number of benzene rings is 2. The standard InChI is InChI=1S/C25H28N4O/c1-20-10-12-22(13-11-20)25(21-7-3-2-4-8-21)27-19-24(30)29-17-15-28(16-18-29)23-9-5-6-14-26-23/h2-14,25,27H,15-19H2,1H3/t25-/m0/s1. The molecule has 1 amide bonds. The fourth-order valence-electron chi connectivity index (χ4n) is 3.86. The number of piperazine rings is 1. The highest BCUT2D eigenvalue weighted by atomic mass is 16.2. The van der Waals surface area contributed by atoms with Gasteiger partial charge in [0, 0.05) is 32.4 Å². The van der Waals surface area contributed by atoms with Crippen molar-refractivity contribution < 1.29 is 4.79 Å². The molecule has 0 radical (unpaired) electrons. The average molecular weight is 401 g/mol. The molecule has 0 saturated carbocycles. The zero-order chi connectivity index (χ0) is 20.8. The number of hydrogen-bond donors (Lipinski definition) is 1. The number of nitrogens with one attached hydrogen (secondary N) is 1. The molecule has 5 nitrogen and oxygen atoms in total. The predicted molar refractivity (Wildman–Crippen MR) is 120 cm³/mol. The van der Waals surface area contributed by atoms with Crippen LogP contribution in [0.3, 0.4) is 0 Å². The van der Waals surface area contributed by atoms with Crippen molar-refractivity contribution in [2.24, 2.45) is 0 Å². The van der Waals surface area contributed by atoms with Crippen LogP contribution in [-0.4, -0.2) is 48.5 Å². The number of amides is 1. The van der Waals surface area contributed by atoms with Gasteiger partial charge in [0.1, 0.15) is 5.82 Å². The average Bonchev–Trinajstić information content (AvgIpc) is 2.81. The van der Waals surface area contributed by atoms with Crippen LogP contribution >= 0.6 is 0 Å². The van der Waals surface area contributed by atoms with Crippen molar-refractivity contribution in [3.63, 3.8) is 0 Å². The van der Waals surface area contributed by atoms with Crippen LogP contribution in [0.15, 0.2) is 79.0 Å². The van der Waals surface area contributed by atoms with Crippen molar-refractivity contribution in [2.45, 2.75) is 13.0 Å². The van der Waals surface area contributed by atoms with E-state index in [0.717, 1.165) is 37.6 Å². The van der Waals surface area contributed by atoms with Gasteiger partial charge in [0.25, 0.3) is 0 Å². The molecule has 2 heterocycles. The number of aromatic nitrogens is 1. The van der Waals surface area contributed by atoms with Gasteiger partial charge in [-0.2, -0.15) is 0 Å². The van der Waals surface area contributed by atoms with E-state index >= 15 is 0 Å². The molecule has 154 valence electrons. The lowest BCUT2D eigenvalue weighted by atomic mass is 9.98. The molecular weight excluding hydrogens is 372 g/mol. The molecule has 1 aromatic heterocycles. The van der Waals surface area contributed by atoms with Gasteiger partial charge in [0.15, 0.2) is 0 Å². The van der Waals surface area contributed by atoms with Gasteiger partial charge >= 0.3 is 0 Å². The van der Waals surface area contributed by atoms with Crippen LogP contribution in [0.4, 0.5) is 5.82 Å². The van der Waals surface area contributed by atoms with Crippen LogP contribution < -0.4 is 10.2 Å². The molecule has 1 N–H and O–H groups in total. The smallest absolute Gasteiger partial charge is 0.236 e. The molecule has 1 aliphatic rings. The molecule has 1 fully saturated rings. The maximum Gasteiger partial charge on any atom is 0.236 e. The Labute approximate surface area is 178 Å². The van der Waals surface area contributed by atoms with Crippen LogP contribution in [0.1, 0.15) is 22.7 Å². The number of anilines is 1. The number of carbonyl (C=O) groups is 1. The fraction of sp³-hybridized carbons (Fsp3) is 0.280. The summed E-state index contributed by atoms with van der Waals surface area (Å²) >= 11 is 0. The fourth-order valence-corrected chi connectivity index (χ4v) is 3.86. The Morgan fingerprint density at radius 3 is 2.23 bits per heavy atom. The van der Waals surface area contributed by atoms with E-state index in [1.807, 2.05) is 47.5 Å². The van der Waals surface area contributed by atoms with E-state index in [9.17, 15) is 4.79 Å². The van der Waals surface area contributed by atoms with Crippen molar-refractivity contribution >= 4 is 11.7 Å². The highest BCUT2D eigenvalue weighted by Crippen LogP contribution is 2.22. The van der Waals surface area contributed by atoms with E-state index in [1.54, 1.807) is 0 Å². The highest BCUT2D eigenvalue weighted by molar-refractivity contribution is 5.78. The summed E-state index contributed by atoms with van der Waals surface area (Å²) in [7, 11) is 0. The van der Waals surface area contributed by atoms with E-state index in [0.29, 0.717) is 6.54 Å². The second-order valence-corrected chi connectivity index (χ2v) is 7.69. The van der Waals surface area contributed by atoms with Gasteiger partial charge in [-0.3, -0.25) is 10.1 Å². The van der Waals surface area contributed by atoms with E-state index in [1.165, 1.54) is 11.1 Å². The molecule has 30 heavy (non-hydrogen) atoms. The predicted octanol–water partition coefficient (Wildman–Crippen LogP) is 3.42. The number of hydrogen-bond acceptors (Lipinski definition) is 4. The molecule has 3 aromatic rings. The summed E-state index contributed by atoms with van der Waals surface area (Å²) in [6.45, 7) is 5.46. The molecule has 1 atom stereocenters. The summed E-state index contributed by atoms with van der Waals surface area (Å²) in [5.41, 5.74) is 3.56. The van der Waals surface area contributed by atoms with Crippen LogP contribution in [0.25, 0.3) is 0 Å². The Bertz CT molecular complexity index is 936.